The molecule has 6 atom stereocenters. The van der Waals surface area contributed by atoms with Gasteiger partial charge in [-0.15, -0.1) is 11.8 Å². The maximum Gasteiger partial charge on any atom is 0.305 e. The number of ether oxygens (including phenoxy) is 2. The van der Waals surface area contributed by atoms with Crippen LogP contribution in [0.5, 0.6) is 5.75 Å². The summed E-state index contributed by atoms with van der Waals surface area (Å²) in [6.07, 6.45) is 3.11. The highest BCUT2D eigenvalue weighted by Crippen LogP contribution is 2.52. The lowest BCUT2D eigenvalue weighted by Gasteiger charge is -2.19. The average Bonchev–Trinajstić information content (AvgIpc) is 3.25. The summed E-state index contributed by atoms with van der Waals surface area (Å²) < 4.78 is 10.9. The van der Waals surface area contributed by atoms with Gasteiger partial charge in [-0.3, -0.25) is 4.79 Å². The van der Waals surface area contributed by atoms with Crippen molar-refractivity contribution in [2.24, 2.45) is 5.92 Å². The molecule has 0 unspecified atom stereocenters. The number of benzene rings is 1. The van der Waals surface area contributed by atoms with Gasteiger partial charge in [0.25, 0.3) is 0 Å². The first-order chi connectivity index (χ1) is 14.5. The van der Waals surface area contributed by atoms with Gasteiger partial charge in [-0.25, -0.2) is 0 Å². The largest absolute Gasteiger partial charge is 0.489 e. The van der Waals surface area contributed by atoms with Gasteiger partial charge >= 0.3 is 5.97 Å². The average molecular weight is 414 g/mol. The molecule has 162 valence electrons. The molecule has 30 heavy (non-hydrogen) atoms. The molecule has 1 aromatic rings. The topological polar surface area (TPSA) is 96.2 Å². The normalized spacial score (nSPS) is 26.3. The first kappa shape index (κ1) is 22.4. The van der Waals surface area contributed by atoms with E-state index in [1.54, 1.807) is 19.1 Å². The molecule has 6 nitrogen and oxygen atoms in total. The lowest BCUT2D eigenvalue weighted by molar-refractivity contribution is -0.140. The molecule has 1 aliphatic carbocycles. The minimum atomic E-state index is -1.04. The second-order valence-corrected chi connectivity index (χ2v) is 7.90. The van der Waals surface area contributed by atoms with Crippen LogP contribution in [0.2, 0.25) is 0 Å². The first-order valence-corrected chi connectivity index (χ1v) is 10.4. The van der Waals surface area contributed by atoms with Gasteiger partial charge in [0, 0.05) is 36.7 Å². The van der Waals surface area contributed by atoms with Crippen molar-refractivity contribution in [2.75, 3.05) is 7.11 Å². The number of aliphatic hydroxyl groups is 3. The summed E-state index contributed by atoms with van der Waals surface area (Å²) in [5.74, 6) is 5.87. The number of carbonyl (C=O) groups excluding carboxylic acids is 1. The summed E-state index contributed by atoms with van der Waals surface area (Å²) in [5, 5.41) is 30.7. The summed E-state index contributed by atoms with van der Waals surface area (Å²) >= 11 is 0. The summed E-state index contributed by atoms with van der Waals surface area (Å²) in [6.45, 7) is 1.69. The van der Waals surface area contributed by atoms with E-state index in [1.807, 2.05) is 18.2 Å². The lowest BCUT2D eigenvalue weighted by atomic mass is 9.86. The van der Waals surface area contributed by atoms with Crippen molar-refractivity contribution < 1.29 is 29.6 Å². The maximum atomic E-state index is 11.4. The number of aryl methyl sites for hydroxylation is 1. The summed E-state index contributed by atoms with van der Waals surface area (Å²) in [5.41, 5.74) is 2.10. The van der Waals surface area contributed by atoms with E-state index < -0.39 is 18.3 Å². The van der Waals surface area contributed by atoms with Crippen molar-refractivity contribution in [3.05, 3.63) is 41.5 Å². The molecule has 0 radical (unpaired) electrons. The van der Waals surface area contributed by atoms with Crippen molar-refractivity contribution in [3.8, 4) is 17.6 Å². The van der Waals surface area contributed by atoms with Gasteiger partial charge < -0.3 is 24.8 Å². The number of esters is 1. The van der Waals surface area contributed by atoms with Crippen molar-refractivity contribution in [3.63, 3.8) is 0 Å². The molecule has 0 saturated heterocycles. The fourth-order valence-corrected chi connectivity index (χ4v) is 4.39. The Morgan fingerprint density at radius 3 is 2.93 bits per heavy atom. The van der Waals surface area contributed by atoms with E-state index in [-0.39, 0.29) is 30.3 Å². The van der Waals surface area contributed by atoms with Crippen LogP contribution in [0.15, 0.2) is 30.4 Å². The van der Waals surface area contributed by atoms with Gasteiger partial charge in [-0.1, -0.05) is 30.4 Å². The molecule has 3 rings (SSSR count). The monoisotopic (exact) mass is 414 g/mol. The van der Waals surface area contributed by atoms with E-state index in [2.05, 4.69) is 11.8 Å². The SMILES string of the molecule is CC#CC[C@H](O)[C@H](O)/C=C/[C@@H]1[C@H]2c3cccc(CCCC(=O)OC)c3O[C@H]2C[C@H]1O. The number of aliphatic hydroxyl groups excluding tert-OH is 3. The maximum absolute atomic E-state index is 11.4. The molecular formula is C24H30O6. The van der Waals surface area contributed by atoms with Gasteiger partial charge in [0.1, 0.15) is 11.9 Å². The lowest BCUT2D eigenvalue weighted by Crippen LogP contribution is -2.24. The number of rotatable bonds is 8. The smallest absolute Gasteiger partial charge is 0.305 e. The molecule has 2 aliphatic rings. The quantitative estimate of drug-likeness (QED) is 0.343. The predicted octanol–water partition coefficient (Wildman–Crippen LogP) is 2.10. The van der Waals surface area contributed by atoms with Gasteiger partial charge in [0.2, 0.25) is 0 Å². The van der Waals surface area contributed by atoms with E-state index in [0.717, 1.165) is 16.9 Å². The number of hydrogen-bond acceptors (Lipinski definition) is 6. The van der Waals surface area contributed by atoms with Gasteiger partial charge in [0.05, 0.1) is 25.4 Å². The van der Waals surface area contributed by atoms with Crippen LogP contribution in [-0.2, 0) is 16.0 Å². The minimum Gasteiger partial charge on any atom is -0.489 e. The summed E-state index contributed by atoms with van der Waals surface area (Å²) in [7, 11) is 1.39. The zero-order chi connectivity index (χ0) is 21.7. The zero-order valence-electron chi connectivity index (χ0n) is 17.5. The van der Waals surface area contributed by atoms with Crippen molar-refractivity contribution in [1.82, 2.24) is 0 Å². The fraction of sp³-hybridized carbons (Fsp3) is 0.542. The van der Waals surface area contributed by atoms with E-state index in [0.29, 0.717) is 25.7 Å². The molecule has 1 saturated carbocycles. The van der Waals surface area contributed by atoms with Crippen LogP contribution in [-0.4, -0.2) is 52.8 Å². The molecule has 0 spiro atoms. The number of carbonyl (C=O) groups is 1. The Labute approximate surface area is 177 Å². The highest BCUT2D eigenvalue weighted by molar-refractivity contribution is 5.69. The Morgan fingerprint density at radius 1 is 1.40 bits per heavy atom. The Balaban J connectivity index is 1.73. The molecule has 6 heteroatoms. The highest BCUT2D eigenvalue weighted by Gasteiger charge is 2.48. The Kier molecular flexibility index (Phi) is 7.54. The summed E-state index contributed by atoms with van der Waals surface area (Å²) in [4.78, 5) is 11.4. The number of fused-ring (bicyclic) bond motifs is 3. The van der Waals surface area contributed by atoms with Crippen LogP contribution < -0.4 is 4.74 Å². The van der Waals surface area contributed by atoms with Crippen LogP contribution in [0.3, 0.4) is 0 Å². The molecular weight excluding hydrogens is 384 g/mol. The van der Waals surface area contributed by atoms with E-state index in [4.69, 9.17) is 9.47 Å². The van der Waals surface area contributed by atoms with Gasteiger partial charge in [-0.2, -0.15) is 0 Å². The molecule has 1 fully saturated rings. The fourth-order valence-electron chi connectivity index (χ4n) is 4.39. The molecule has 1 aliphatic heterocycles. The second-order valence-electron chi connectivity index (χ2n) is 7.90. The van der Waals surface area contributed by atoms with E-state index >= 15 is 0 Å². The third kappa shape index (κ3) is 4.86. The van der Waals surface area contributed by atoms with Crippen LogP contribution in [0.4, 0.5) is 0 Å². The number of methoxy groups -OCH3 is 1. The van der Waals surface area contributed by atoms with Crippen LogP contribution >= 0.6 is 0 Å². The molecule has 0 aromatic heterocycles. The summed E-state index contributed by atoms with van der Waals surface area (Å²) in [6, 6.07) is 6.00. The van der Waals surface area contributed by atoms with E-state index in [9.17, 15) is 20.1 Å². The molecule has 1 heterocycles. The number of para-hydroxylation sites is 1. The Morgan fingerprint density at radius 2 is 2.20 bits per heavy atom. The van der Waals surface area contributed by atoms with Crippen molar-refractivity contribution >= 4 is 5.97 Å². The third-order valence-corrected chi connectivity index (χ3v) is 5.96. The standard InChI is InChI=1S/C24H30O6/c1-3-4-10-18(25)19(26)13-12-16-20(27)14-21-23(16)17-9-5-7-15(24(17)30-21)8-6-11-22(28)29-2/h5,7,9,12-13,16,18-21,23,25-27H,6,8,10-11,14H2,1-2H3/b13-12+/t16-,18-,19+,20+,21-,23-/m0/s1. The van der Waals surface area contributed by atoms with E-state index in [1.165, 1.54) is 7.11 Å². The second kappa shape index (κ2) is 10.1. The van der Waals surface area contributed by atoms with Gasteiger partial charge in [-0.05, 0) is 25.3 Å². The van der Waals surface area contributed by atoms with Gasteiger partial charge in [0.15, 0.2) is 0 Å². The predicted molar refractivity (Wildman–Crippen MR) is 112 cm³/mol. The third-order valence-electron chi connectivity index (χ3n) is 5.96. The first-order valence-electron chi connectivity index (χ1n) is 10.4. The Hall–Kier alpha value is -2.33. The molecule has 0 bridgehead atoms. The van der Waals surface area contributed by atoms with Crippen molar-refractivity contribution in [2.45, 2.75) is 69.4 Å². The zero-order valence-corrected chi connectivity index (χ0v) is 17.5. The number of hydrogen-bond donors (Lipinski definition) is 3. The van der Waals surface area contributed by atoms with Crippen LogP contribution in [0.1, 0.15) is 49.7 Å². The van der Waals surface area contributed by atoms with Crippen LogP contribution in [0.25, 0.3) is 0 Å². The molecule has 1 aromatic carbocycles. The Bertz CT molecular complexity index is 836. The van der Waals surface area contributed by atoms with Crippen LogP contribution in [0, 0.1) is 17.8 Å². The van der Waals surface area contributed by atoms with Crippen molar-refractivity contribution in [1.29, 1.82) is 0 Å². The molecule has 0 amide bonds. The highest BCUT2D eigenvalue weighted by atomic mass is 16.5. The molecule has 3 N–H and O–H groups in total. The minimum absolute atomic E-state index is 0.00779.